The van der Waals surface area contributed by atoms with Gasteiger partial charge in [-0.3, -0.25) is 9.79 Å². The number of likely N-dealkylation sites (tertiary alicyclic amines) is 1. The lowest BCUT2D eigenvalue weighted by Crippen LogP contribution is -2.50. The minimum absolute atomic E-state index is 0.0756. The molecule has 1 amide bonds. The first-order valence-corrected chi connectivity index (χ1v) is 10.3. The van der Waals surface area contributed by atoms with Gasteiger partial charge in [0, 0.05) is 38.6 Å². The summed E-state index contributed by atoms with van der Waals surface area (Å²) in [6, 6.07) is 8.64. The van der Waals surface area contributed by atoms with Crippen molar-refractivity contribution in [2.24, 2.45) is 10.9 Å². The number of piperidine rings is 1. The fourth-order valence-corrected chi connectivity index (χ4v) is 3.50. The summed E-state index contributed by atoms with van der Waals surface area (Å²) in [7, 11) is 3.49. The Balaban J connectivity index is 1.72. The van der Waals surface area contributed by atoms with Gasteiger partial charge >= 0.3 is 0 Å². The van der Waals surface area contributed by atoms with E-state index >= 15 is 0 Å². The van der Waals surface area contributed by atoms with Gasteiger partial charge in [-0.25, -0.2) is 0 Å². The van der Waals surface area contributed by atoms with Gasteiger partial charge in [-0.15, -0.1) is 0 Å². The zero-order valence-corrected chi connectivity index (χ0v) is 18.0. The molecule has 1 heterocycles. The minimum atomic E-state index is 0.0756. The zero-order chi connectivity index (χ0) is 20.5. The largest absolute Gasteiger partial charge is 0.497 e. The van der Waals surface area contributed by atoms with Gasteiger partial charge in [0.1, 0.15) is 5.75 Å². The highest BCUT2D eigenvalue weighted by Crippen LogP contribution is 2.21. The number of guanidine groups is 1. The predicted octanol–water partition coefficient (Wildman–Crippen LogP) is 3.00. The normalized spacial score (nSPS) is 16.8. The van der Waals surface area contributed by atoms with Crippen molar-refractivity contribution in [3.63, 3.8) is 0 Å². The molecular formula is C22H36N4O2. The summed E-state index contributed by atoms with van der Waals surface area (Å²) in [5, 5.41) is 6.93. The zero-order valence-electron chi connectivity index (χ0n) is 18.0. The van der Waals surface area contributed by atoms with E-state index in [4.69, 9.17) is 4.74 Å². The van der Waals surface area contributed by atoms with Crippen molar-refractivity contribution < 1.29 is 9.53 Å². The molecule has 6 heteroatoms. The van der Waals surface area contributed by atoms with E-state index < -0.39 is 0 Å². The number of benzene rings is 1. The second kappa shape index (κ2) is 10.9. The molecule has 1 unspecified atom stereocenters. The van der Waals surface area contributed by atoms with E-state index in [0.717, 1.165) is 50.6 Å². The maximum Gasteiger partial charge on any atom is 0.225 e. The van der Waals surface area contributed by atoms with Crippen LogP contribution in [-0.4, -0.2) is 56.6 Å². The van der Waals surface area contributed by atoms with E-state index in [1.165, 1.54) is 5.56 Å². The maximum absolute atomic E-state index is 12.1. The van der Waals surface area contributed by atoms with Gasteiger partial charge in [0.25, 0.3) is 0 Å². The highest BCUT2D eigenvalue weighted by atomic mass is 16.5. The molecule has 2 rings (SSSR count). The fraction of sp³-hybridized carbons (Fsp3) is 0.636. The summed E-state index contributed by atoms with van der Waals surface area (Å²) in [5.74, 6) is 2.53. The lowest BCUT2D eigenvalue weighted by atomic mass is 9.98. The number of rotatable bonds is 7. The van der Waals surface area contributed by atoms with Gasteiger partial charge in [-0.1, -0.05) is 32.9 Å². The summed E-state index contributed by atoms with van der Waals surface area (Å²) in [6.45, 7) is 8.66. The van der Waals surface area contributed by atoms with Gasteiger partial charge in [-0.2, -0.15) is 0 Å². The van der Waals surface area contributed by atoms with E-state index in [0.29, 0.717) is 12.0 Å². The van der Waals surface area contributed by atoms with Crippen LogP contribution in [0.3, 0.4) is 0 Å². The Morgan fingerprint density at radius 2 is 1.86 bits per heavy atom. The Kier molecular flexibility index (Phi) is 8.61. The molecule has 28 heavy (non-hydrogen) atoms. The van der Waals surface area contributed by atoms with E-state index in [9.17, 15) is 4.79 Å². The van der Waals surface area contributed by atoms with E-state index in [-0.39, 0.29) is 11.8 Å². The number of carbonyl (C=O) groups is 1. The Morgan fingerprint density at radius 1 is 1.21 bits per heavy atom. The van der Waals surface area contributed by atoms with Crippen molar-refractivity contribution in [3.05, 3.63) is 29.8 Å². The number of nitrogens with zero attached hydrogens (tertiary/aromatic N) is 2. The topological polar surface area (TPSA) is 66.0 Å². The molecule has 2 N–H and O–H groups in total. The van der Waals surface area contributed by atoms with Crippen LogP contribution < -0.4 is 15.4 Å². The molecule has 0 bridgehead atoms. The third kappa shape index (κ3) is 6.43. The summed E-state index contributed by atoms with van der Waals surface area (Å²) < 4.78 is 5.22. The maximum atomic E-state index is 12.1. The van der Waals surface area contributed by atoms with Gasteiger partial charge in [-0.05, 0) is 42.9 Å². The molecule has 0 spiro atoms. The van der Waals surface area contributed by atoms with Crippen LogP contribution in [0.4, 0.5) is 0 Å². The van der Waals surface area contributed by atoms with Crippen molar-refractivity contribution in [2.45, 2.75) is 52.0 Å². The summed E-state index contributed by atoms with van der Waals surface area (Å²) in [5.41, 5.74) is 1.31. The molecule has 6 nitrogen and oxygen atoms in total. The van der Waals surface area contributed by atoms with Gasteiger partial charge < -0.3 is 20.3 Å². The number of hydrogen-bond acceptors (Lipinski definition) is 3. The van der Waals surface area contributed by atoms with E-state index in [1.54, 1.807) is 14.2 Å². The number of ether oxygens (including phenoxy) is 1. The Labute approximate surface area is 169 Å². The fourth-order valence-electron chi connectivity index (χ4n) is 3.50. The third-order valence-electron chi connectivity index (χ3n) is 5.42. The van der Waals surface area contributed by atoms with Crippen LogP contribution in [0.5, 0.6) is 5.75 Å². The monoisotopic (exact) mass is 388 g/mol. The smallest absolute Gasteiger partial charge is 0.225 e. The number of methoxy groups -OCH3 is 1. The van der Waals surface area contributed by atoms with Crippen LogP contribution >= 0.6 is 0 Å². The predicted molar refractivity (Wildman–Crippen MR) is 115 cm³/mol. The number of amides is 1. The standard InChI is InChI=1S/C22H36N4O2/c1-16(2)21(27)26-14-11-19(12-15-26)25-22(23-4)24-13-10-17(3)18-6-8-20(28-5)9-7-18/h6-9,16-17,19H,10-15H2,1-5H3,(H2,23,24,25). The number of nitrogens with one attached hydrogen (secondary N) is 2. The first-order chi connectivity index (χ1) is 13.4. The van der Waals surface area contributed by atoms with Crippen molar-refractivity contribution in [3.8, 4) is 5.75 Å². The molecule has 1 atom stereocenters. The van der Waals surface area contributed by atoms with Gasteiger partial charge in [0.2, 0.25) is 5.91 Å². The van der Waals surface area contributed by atoms with Crippen molar-refractivity contribution in [1.82, 2.24) is 15.5 Å². The Hall–Kier alpha value is -2.24. The molecule has 0 radical (unpaired) electrons. The van der Waals surface area contributed by atoms with Gasteiger partial charge in [0.15, 0.2) is 5.96 Å². The molecule has 1 aliphatic rings. The van der Waals surface area contributed by atoms with E-state index in [1.807, 2.05) is 30.9 Å². The molecule has 1 saturated heterocycles. The SMILES string of the molecule is CN=C(NCCC(C)c1ccc(OC)cc1)NC1CCN(C(=O)C(C)C)CC1. The number of hydrogen-bond donors (Lipinski definition) is 2. The Morgan fingerprint density at radius 3 is 2.39 bits per heavy atom. The minimum Gasteiger partial charge on any atom is -0.497 e. The third-order valence-corrected chi connectivity index (χ3v) is 5.42. The number of carbonyl (C=O) groups excluding carboxylic acids is 1. The molecular weight excluding hydrogens is 352 g/mol. The highest BCUT2D eigenvalue weighted by Gasteiger charge is 2.24. The highest BCUT2D eigenvalue weighted by molar-refractivity contribution is 5.80. The van der Waals surface area contributed by atoms with E-state index in [2.05, 4.69) is 34.7 Å². The molecule has 1 aromatic carbocycles. The quantitative estimate of drug-likeness (QED) is 0.557. The first kappa shape index (κ1) is 22.1. The molecule has 156 valence electrons. The molecule has 0 aromatic heterocycles. The summed E-state index contributed by atoms with van der Waals surface area (Å²) in [6.07, 6.45) is 2.94. The van der Waals surface area contributed by atoms with Crippen LogP contribution in [0.2, 0.25) is 0 Å². The first-order valence-electron chi connectivity index (χ1n) is 10.3. The lowest BCUT2D eigenvalue weighted by molar-refractivity contribution is -0.135. The average Bonchev–Trinajstić information content (AvgIpc) is 2.72. The molecule has 0 saturated carbocycles. The summed E-state index contributed by atoms with van der Waals surface area (Å²) in [4.78, 5) is 18.4. The average molecular weight is 389 g/mol. The van der Waals surface area contributed by atoms with Crippen LogP contribution in [0.15, 0.2) is 29.3 Å². The molecule has 1 fully saturated rings. The van der Waals surface area contributed by atoms with Crippen molar-refractivity contribution in [1.29, 1.82) is 0 Å². The Bertz CT molecular complexity index is 634. The van der Waals surface area contributed by atoms with Crippen molar-refractivity contribution >= 4 is 11.9 Å². The van der Waals surface area contributed by atoms with Crippen LogP contribution in [0.1, 0.15) is 51.5 Å². The number of aliphatic imine (C=N–C) groups is 1. The van der Waals surface area contributed by atoms with Crippen LogP contribution in [0.25, 0.3) is 0 Å². The van der Waals surface area contributed by atoms with Crippen LogP contribution in [0, 0.1) is 5.92 Å². The lowest BCUT2D eigenvalue weighted by Gasteiger charge is -2.34. The van der Waals surface area contributed by atoms with Crippen molar-refractivity contribution in [2.75, 3.05) is 33.8 Å². The second-order valence-electron chi connectivity index (χ2n) is 7.86. The molecule has 1 aliphatic heterocycles. The second-order valence-corrected chi connectivity index (χ2v) is 7.86. The molecule has 0 aliphatic carbocycles. The van der Waals surface area contributed by atoms with Gasteiger partial charge in [0.05, 0.1) is 7.11 Å². The van der Waals surface area contributed by atoms with Crippen LogP contribution in [-0.2, 0) is 4.79 Å². The molecule has 1 aromatic rings. The summed E-state index contributed by atoms with van der Waals surface area (Å²) >= 11 is 0.